The SMILES string of the molecule is CCC(C)N(CC(=O)N1CCN(C/C=C/c2ccccc2)CC1)C(C)=O. The summed E-state index contributed by atoms with van der Waals surface area (Å²) >= 11 is 0. The Morgan fingerprint density at radius 2 is 1.81 bits per heavy atom. The van der Waals surface area contributed by atoms with Crippen LogP contribution in [0.2, 0.25) is 0 Å². The fourth-order valence-electron chi connectivity index (χ4n) is 3.13. The topological polar surface area (TPSA) is 43.9 Å². The normalized spacial score (nSPS) is 16.7. The quantitative estimate of drug-likeness (QED) is 0.753. The number of carbonyl (C=O) groups excluding carboxylic acids is 2. The van der Waals surface area contributed by atoms with E-state index in [9.17, 15) is 9.59 Å². The first-order valence-electron chi connectivity index (χ1n) is 9.50. The number of rotatable bonds is 7. The van der Waals surface area contributed by atoms with Gasteiger partial charge < -0.3 is 9.80 Å². The van der Waals surface area contributed by atoms with Crippen molar-refractivity contribution in [2.45, 2.75) is 33.2 Å². The third-order valence-corrected chi connectivity index (χ3v) is 5.03. The Labute approximate surface area is 157 Å². The van der Waals surface area contributed by atoms with Gasteiger partial charge in [-0.2, -0.15) is 0 Å². The molecule has 0 aliphatic carbocycles. The Bertz CT molecular complexity index is 607. The molecule has 5 nitrogen and oxygen atoms in total. The molecular formula is C21H31N3O2. The molecule has 1 unspecified atom stereocenters. The zero-order chi connectivity index (χ0) is 18.9. The van der Waals surface area contributed by atoms with Gasteiger partial charge in [-0.15, -0.1) is 0 Å². The highest BCUT2D eigenvalue weighted by Crippen LogP contribution is 2.08. The molecule has 0 aromatic heterocycles. The van der Waals surface area contributed by atoms with Gasteiger partial charge in [0.2, 0.25) is 11.8 Å². The maximum Gasteiger partial charge on any atom is 0.242 e. The molecule has 1 aromatic rings. The van der Waals surface area contributed by atoms with Crippen molar-refractivity contribution < 1.29 is 9.59 Å². The van der Waals surface area contributed by atoms with Crippen LogP contribution in [-0.4, -0.2) is 71.8 Å². The molecule has 2 rings (SSSR count). The molecule has 1 saturated heterocycles. The predicted octanol–water partition coefficient (Wildman–Crippen LogP) is 2.49. The van der Waals surface area contributed by atoms with Gasteiger partial charge in [0.05, 0.1) is 6.54 Å². The molecule has 1 heterocycles. The van der Waals surface area contributed by atoms with E-state index in [4.69, 9.17) is 0 Å². The van der Waals surface area contributed by atoms with Gasteiger partial charge in [-0.25, -0.2) is 0 Å². The lowest BCUT2D eigenvalue weighted by Gasteiger charge is -2.36. The van der Waals surface area contributed by atoms with Crippen molar-refractivity contribution in [2.75, 3.05) is 39.3 Å². The number of piperazine rings is 1. The summed E-state index contributed by atoms with van der Waals surface area (Å²) in [5, 5.41) is 0. The van der Waals surface area contributed by atoms with E-state index in [0.29, 0.717) is 0 Å². The molecule has 142 valence electrons. The number of hydrogen-bond acceptors (Lipinski definition) is 3. The van der Waals surface area contributed by atoms with Crippen molar-refractivity contribution in [3.8, 4) is 0 Å². The smallest absolute Gasteiger partial charge is 0.242 e. The molecule has 26 heavy (non-hydrogen) atoms. The van der Waals surface area contributed by atoms with E-state index in [1.54, 1.807) is 4.90 Å². The summed E-state index contributed by atoms with van der Waals surface area (Å²) in [6, 6.07) is 10.4. The lowest BCUT2D eigenvalue weighted by molar-refractivity contribution is -0.142. The first kappa shape index (κ1) is 20.2. The highest BCUT2D eigenvalue weighted by molar-refractivity contribution is 5.84. The molecule has 0 bridgehead atoms. The van der Waals surface area contributed by atoms with Gasteiger partial charge in [-0.05, 0) is 18.9 Å². The van der Waals surface area contributed by atoms with Crippen molar-refractivity contribution >= 4 is 17.9 Å². The van der Waals surface area contributed by atoms with Crippen molar-refractivity contribution in [1.29, 1.82) is 0 Å². The van der Waals surface area contributed by atoms with Gasteiger partial charge in [-0.3, -0.25) is 14.5 Å². The van der Waals surface area contributed by atoms with Gasteiger partial charge in [0.25, 0.3) is 0 Å². The summed E-state index contributed by atoms with van der Waals surface area (Å²) in [7, 11) is 0. The van der Waals surface area contributed by atoms with Crippen molar-refractivity contribution in [1.82, 2.24) is 14.7 Å². The molecule has 0 spiro atoms. The average molecular weight is 357 g/mol. The molecule has 2 amide bonds. The van der Waals surface area contributed by atoms with Crippen LogP contribution in [-0.2, 0) is 9.59 Å². The van der Waals surface area contributed by atoms with Crippen LogP contribution in [0.3, 0.4) is 0 Å². The second-order valence-electron chi connectivity index (χ2n) is 6.90. The van der Waals surface area contributed by atoms with E-state index < -0.39 is 0 Å². The second-order valence-corrected chi connectivity index (χ2v) is 6.90. The summed E-state index contributed by atoms with van der Waals surface area (Å²) in [5.74, 6) is 0.0253. The van der Waals surface area contributed by atoms with Crippen LogP contribution in [0, 0.1) is 0 Å². The summed E-state index contributed by atoms with van der Waals surface area (Å²) in [4.78, 5) is 30.2. The summed E-state index contributed by atoms with van der Waals surface area (Å²) in [6.07, 6.45) is 5.16. The van der Waals surface area contributed by atoms with Crippen LogP contribution in [0.1, 0.15) is 32.8 Å². The van der Waals surface area contributed by atoms with Gasteiger partial charge >= 0.3 is 0 Å². The minimum atomic E-state index is -0.0302. The molecule has 5 heteroatoms. The molecule has 1 fully saturated rings. The maximum atomic E-state index is 12.5. The number of benzene rings is 1. The third kappa shape index (κ3) is 5.99. The number of carbonyl (C=O) groups is 2. The Morgan fingerprint density at radius 3 is 2.38 bits per heavy atom. The lowest BCUT2D eigenvalue weighted by atomic mass is 10.2. The van der Waals surface area contributed by atoms with Crippen molar-refractivity contribution in [3.05, 3.63) is 42.0 Å². The zero-order valence-electron chi connectivity index (χ0n) is 16.2. The highest BCUT2D eigenvalue weighted by Gasteiger charge is 2.24. The van der Waals surface area contributed by atoms with Crippen molar-refractivity contribution in [3.63, 3.8) is 0 Å². The molecule has 1 atom stereocenters. The Hall–Kier alpha value is -2.14. The van der Waals surface area contributed by atoms with E-state index in [1.807, 2.05) is 36.9 Å². The lowest BCUT2D eigenvalue weighted by Crippen LogP contribution is -2.52. The average Bonchev–Trinajstić information content (AvgIpc) is 2.66. The van der Waals surface area contributed by atoms with Crippen LogP contribution in [0.25, 0.3) is 6.08 Å². The van der Waals surface area contributed by atoms with Crippen LogP contribution in [0.5, 0.6) is 0 Å². The molecule has 0 saturated carbocycles. The Kier molecular flexibility index (Phi) is 7.85. The fraction of sp³-hybridized carbons (Fsp3) is 0.524. The van der Waals surface area contributed by atoms with E-state index in [0.717, 1.165) is 39.1 Å². The van der Waals surface area contributed by atoms with Gasteiger partial charge in [0.1, 0.15) is 0 Å². The monoisotopic (exact) mass is 357 g/mol. The molecule has 1 aliphatic rings. The first-order chi connectivity index (χ1) is 12.5. The maximum absolute atomic E-state index is 12.5. The molecule has 0 radical (unpaired) electrons. The Morgan fingerprint density at radius 1 is 1.15 bits per heavy atom. The van der Waals surface area contributed by atoms with Gasteiger partial charge in [-0.1, -0.05) is 49.4 Å². The summed E-state index contributed by atoms with van der Waals surface area (Å²) < 4.78 is 0. The largest absolute Gasteiger partial charge is 0.339 e. The molecule has 1 aromatic carbocycles. The first-order valence-corrected chi connectivity index (χ1v) is 9.50. The number of amides is 2. The zero-order valence-corrected chi connectivity index (χ0v) is 16.2. The van der Waals surface area contributed by atoms with E-state index in [1.165, 1.54) is 12.5 Å². The molecular weight excluding hydrogens is 326 g/mol. The van der Waals surface area contributed by atoms with Crippen LogP contribution < -0.4 is 0 Å². The van der Waals surface area contributed by atoms with E-state index in [-0.39, 0.29) is 24.4 Å². The molecule has 0 N–H and O–H groups in total. The minimum Gasteiger partial charge on any atom is -0.339 e. The van der Waals surface area contributed by atoms with Gasteiger partial charge in [0, 0.05) is 45.7 Å². The fourth-order valence-corrected chi connectivity index (χ4v) is 3.13. The summed E-state index contributed by atoms with van der Waals surface area (Å²) in [6.45, 7) is 9.84. The van der Waals surface area contributed by atoms with Crippen LogP contribution in [0.4, 0.5) is 0 Å². The Balaban J connectivity index is 1.77. The van der Waals surface area contributed by atoms with Crippen LogP contribution >= 0.6 is 0 Å². The minimum absolute atomic E-state index is 0.0302. The van der Waals surface area contributed by atoms with Crippen molar-refractivity contribution in [2.24, 2.45) is 0 Å². The van der Waals surface area contributed by atoms with Crippen LogP contribution in [0.15, 0.2) is 36.4 Å². The number of nitrogens with zero attached hydrogens (tertiary/aromatic N) is 3. The molecule has 1 aliphatic heterocycles. The number of hydrogen-bond donors (Lipinski definition) is 0. The van der Waals surface area contributed by atoms with E-state index >= 15 is 0 Å². The van der Waals surface area contributed by atoms with Gasteiger partial charge in [0.15, 0.2) is 0 Å². The predicted molar refractivity (Wildman–Crippen MR) is 106 cm³/mol. The third-order valence-electron chi connectivity index (χ3n) is 5.03. The summed E-state index contributed by atoms with van der Waals surface area (Å²) in [5.41, 5.74) is 1.20. The second kappa shape index (κ2) is 10.1. The highest BCUT2D eigenvalue weighted by atomic mass is 16.2. The standard InChI is InChI=1S/C21H31N3O2/c1-4-18(2)24(19(3)25)17-21(26)23-15-13-22(14-16-23)12-8-11-20-9-6-5-7-10-20/h5-11,18H,4,12-17H2,1-3H3/b11-8+. The van der Waals surface area contributed by atoms with E-state index in [2.05, 4.69) is 29.2 Å².